The first-order chi connectivity index (χ1) is 18.9. The van der Waals surface area contributed by atoms with Crippen molar-refractivity contribution in [3.8, 4) is 17.3 Å². The van der Waals surface area contributed by atoms with E-state index in [1.807, 2.05) is 24.3 Å². The summed E-state index contributed by atoms with van der Waals surface area (Å²) >= 11 is 0. The fourth-order valence-electron chi connectivity index (χ4n) is 7.35. The molecule has 206 valence electrons. The highest BCUT2D eigenvalue weighted by Crippen LogP contribution is 2.41. The van der Waals surface area contributed by atoms with Crippen molar-refractivity contribution in [3.05, 3.63) is 41.8 Å². The fourth-order valence-corrected chi connectivity index (χ4v) is 7.35. The number of fused-ring (bicyclic) bond motifs is 4. The Hall–Kier alpha value is -2.91. The topological polar surface area (TPSA) is 66.4 Å². The van der Waals surface area contributed by atoms with Gasteiger partial charge in [0.15, 0.2) is 5.82 Å². The number of benzene rings is 1. The van der Waals surface area contributed by atoms with Gasteiger partial charge in [0.25, 0.3) is 0 Å². The molecule has 0 amide bonds. The maximum Gasteiger partial charge on any atom is 0.319 e. The number of nitrogens with one attached hydrogen (secondary N) is 1. The van der Waals surface area contributed by atoms with Gasteiger partial charge in [0, 0.05) is 49.9 Å². The first-order valence-electron chi connectivity index (χ1n) is 14.4. The second-order valence-corrected chi connectivity index (χ2v) is 12.2. The minimum atomic E-state index is -0.842. The van der Waals surface area contributed by atoms with Gasteiger partial charge in [0.2, 0.25) is 0 Å². The fraction of sp³-hybridized carbons (Fsp3) is 0.567. The molecular weight excluding hydrogens is 498 g/mol. The zero-order valence-electron chi connectivity index (χ0n) is 22.7. The van der Waals surface area contributed by atoms with Crippen molar-refractivity contribution in [1.29, 1.82) is 0 Å². The number of pyridine rings is 1. The standard InChI is InChI=1S/C30H36F2N6O/c1-18(2)22-6-3-4-7-23(22)26-25(32)27-24(13-33-26)28(37-15-20-8-9-21(16-37)34-20)36-29(35-27)39-17-30-10-5-11-38(30)14-19(31)12-30/h3-4,6-7,13,18-21,34H,5,8-12,14-17H2,1-2H3/t19?,20-,21+,30?. The van der Waals surface area contributed by atoms with Gasteiger partial charge in [-0.3, -0.25) is 9.88 Å². The summed E-state index contributed by atoms with van der Waals surface area (Å²) in [6, 6.07) is 8.75. The molecule has 9 heteroatoms. The Kier molecular flexibility index (Phi) is 6.19. The molecule has 1 aromatic carbocycles. The van der Waals surface area contributed by atoms with Gasteiger partial charge in [-0.25, -0.2) is 8.78 Å². The summed E-state index contributed by atoms with van der Waals surface area (Å²) in [4.78, 5) is 18.5. The lowest BCUT2D eigenvalue weighted by molar-refractivity contribution is 0.107. The van der Waals surface area contributed by atoms with Crippen LogP contribution in [0.2, 0.25) is 0 Å². The van der Waals surface area contributed by atoms with Gasteiger partial charge in [-0.15, -0.1) is 0 Å². The second kappa shape index (κ2) is 9.63. The summed E-state index contributed by atoms with van der Waals surface area (Å²) in [5.74, 6) is 0.422. The molecule has 1 N–H and O–H groups in total. The predicted molar refractivity (Wildman–Crippen MR) is 148 cm³/mol. The van der Waals surface area contributed by atoms with Crippen molar-refractivity contribution in [2.45, 2.75) is 75.7 Å². The average Bonchev–Trinajstić information content (AvgIpc) is 3.58. The Labute approximate surface area is 228 Å². The van der Waals surface area contributed by atoms with Gasteiger partial charge >= 0.3 is 6.01 Å². The largest absolute Gasteiger partial charge is 0.461 e. The molecule has 39 heavy (non-hydrogen) atoms. The zero-order chi connectivity index (χ0) is 26.7. The average molecular weight is 535 g/mol. The Morgan fingerprint density at radius 3 is 2.72 bits per heavy atom. The van der Waals surface area contributed by atoms with Crippen LogP contribution in [-0.4, -0.2) is 76.4 Å². The maximum absolute atomic E-state index is 16.4. The van der Waals surface area contributed by atoms with E-state index in [2.05, 4.69) is 38.9 Å². The minimum Gasteiger partial charge on any atom is -0.461 e. The first-order valence-corrected chi connectivity index (χ1v) is 14.4. The smallest absolute Gasteiger partial charge is 0.319 e. The maximum atomic E-state index is 16.4. The van der Waals surface area contributed by atoms with Crippen LogP contribution in [0, 0.1) is 5.82 Å². The highest BCUT2D eigenvalue weighted by atomic mass is 19.1. The number of halogens is 2. The molecule has 6 heterocycles. The highest BCUT2D eigenvalue weighted by molar-refractivity contribution is 5.92. The normalized spacial score (nSPS) is 28.5. The Bertz CT molecular complexity index is 1390. The molecule has 4 fully saturated rings. The molecule has 0 radical (unpaired) electrons. The van der Waals surface area contributed by atoms with Crippen LogP contribution in [0.3, 0.4) is 0 Å². The van der Waals surface area contributed by atoms with Crippen LogP contribution < -0.4 is 15.0 Å². The van der Waals surface area contributed by atoms with Gasteiger partial charge in [-0.2, -0.15) is 9.97 Å². The molecule has 2 unspecified atom stereocenters. The van der Waals surface area contributed by atoms with E-state index in [1.165, 1.54) is 0 Å². The lowest BCUT2D eigenvalue weighted by atomic mass is 9.94. The Balaban J connectivity index is 1.31. The number of hydrogen-bond donors (Lipinski definition) is 1. The van der Waals surface area contributed by atoms with Crippen molar-refractivity contribution >= 4 is 16.7 Å². The molecule has 4 atom stereocenters. The number of ether oxygens (including phenoxy) is 1. The Morgan fingerprint density at radius 2 is 1.92 bits per heavy atom. The molecule has 4 aliphatic rings. The van der Waals surface area contributed by atoms with Crippen molar-refractivity contribution in [2.24, 2.45) is 0 Å². The highest BCUT2D eigenvalue weighted by Gasteiger charge is 2.49. The number of piperazine rings is 1. The number of hydrogen-bond acceptors (Lipinski definition) is 7. The van der Waals surface area contributed by atoms with Crippen LogP contribution in [0.5, 0.6) is 6.01 Å². The van der Waals surface area contributed by atoms with Gasteiger partial charge in [0.05, 0.1) is 10.9 Å². The number of aromatic nitrogens is 3. The van der Waals surface area contributed by atoms with E-state index < -0.39 is 12.0 Å². The molecule has 0 spiro atoms. The molecule has 0 saturated carbocycles. The third-order valence-electron chi connectivity index (χ3n) is 9.23. The molecule has 4 saturated heterocycles. The summed E-state index contributed by atoms with van der Waals surface area (Å²) in [5.41, 5.74) is 1.99. The van der Waals surface area contributed by atoms with Crippen LogP contribution in [0.25, 0.3) is 22.2 Å². The third kappa shape index (κ3) is 4.34. The molecule has 2 bridgehead atoms. The number of rotatable bonds is 6. The number of alkyl halides is 1. The van der Waals surface area contributed by atoms with Crippen LogP contribution in [0.1, 0.15) is 57.4 Å². The summed E-state index contributed by atoms with van der Waals surface area (Å²) in [7, 11) is 0. The predicted octanol–water partition coefficient (Wildman–Crippen LogP) is 4.85. The molecule has 3 aromatic rings. The third-order valence-corrected chi connectivity index (χ3v) is 9.23. The minimum absolute atomic E-state index is 0.153. The van der Waals surface area contributed by atoms with Crippen LogP contribution in [0.15, 0.2) is 30.5 Å². The van der Waals surface area contributed by atoms with Gasteiger partial charge in [-0.05, 0) is 43.7 Å². The van der Waals surface area contributed by atoms with Gasteiger partial charge in [-0.1, -0.05) is 38.1 Å². The van der Waals surface area contributed by atoms with E-state index in [-0.39, 0.29) is 23.0 Å². The number of anilines is 1. The van der Waals surface area contributed by atoms with E-state index in [1.54, 1.807) is 6.20 Å². The van der Waals surface area contributed by atoms with Crippen molar-refractivity contribution < 1.29 is 13.5 Å². The van der Waals surface area contributed by atoms with E-state index in [0.29, 0.717) is 48.6 Å². The lowest BCUT2D eigenvalue weighted by Crippen LogP contribution is -2.51. The second-order valence-electron chi connectivity index (χ2n) is 12.2. The van der Waals surface area contributed by atoms with Crippen molar-refractivity contribution in [2.75, 3.05) is 37.7 Å². The van der Waals surface area contributed by atoms with Crippen LogP contribution in [0.4, 0.5) is 14.6 Å². The molecule has 2 aromatic heterocycles. The van der Waals surface area contributed by atoms with E-state index in [4.69, 9.17) is 9.72 Å². The SMILES string of the molecule is CC(C)c1ccccc1-c1ncc2c(N3C[C@H]4CC[C@@H](C3)N4)nc(OCC34CCCN3CC(F)C4)nc2c1F. The van der Waals surface area contributed by atoms with Crippen LogP contribution in [-0.2, 0) is 0 Å². The molecule has 0 aliphatic carbocycles. The quantitative estimate of drug-likeness (QED) is 0.485. The van der Waals surface area contributed by atoms with E-state index >= 15 is 4.39 Å². The van der Waals surface area contributed by atoms with E-state index in [0.717, 1.165) is 56.4 Å². The van der Waals surface area contributed by atoms with Gasteiger partial charge < -0.3 is 15.0 Å². The molecule has 7 rings (SSSR count). The molecule has 4 aliphatic heterocycles. The molecule has 7 nitrogen and oxygen atoms in total. The van der Waals surface area contributed by atoms with Gasteiger partial charge in [0.1, 0.15) is 29.8 Å². The lowest BCUT2D eigenvalue weighted by Gasteiger charge is -2.34. The van der Waals surface area contributed by atoms with Crippen LogP contribution >= 0.6 is 0 Å². The first kappa shape index (κ1) is 25.1. The Morgan fingerprint density at radius 1 is 1.13 bits per heavy atom. The van der Waals surface area contributed by atoms with Crippen molar-refractivity contribution in [3.63, 3.8) is 0 Å². The summed E-state index contributed by atoms with van der Waals surface area (Å²) < 4.78 is 37.0. The zero-order valence-corrected chi connectivity index (χ0v) is 22.7. The summed E-state index contributed by atoms with van der Waals surface area (Å²) in [6.07, 6.45) is 5.51. The van der Waals surface area contributed by atoms with Crippen molar-refractivity contribution in [1.82, 2.24) is 25.2 Å². The summed E-state index contributed by atoms with van der Waals surface area (Å²) in [6.45, 7) is 7.43. The molecular formula is C30H36F2N6O. The number of nitrogens with zero attached hydrogens (tertiary/aromatic N) is 5. The monoisotopic (exact) mass is 534 g/mol. The van der Waals surface area contributed by atoms with E-state index in [9.17, 15) is 4.39 Å². The summed E-state index contributed by atoms with van der Waals surface area (Å²) in [5, 5.41) is 4.25.